The van der Waals surface area contributed by atoms with Gasteiger partial charge in [-0.2, -0.15) is 0 Å². The van der Waals surface area contributed by atoms with Crippen molar-refractivity contribution in [2.75, 3.05) is 13.2 Å². The van der Waals surface area contributed by atoms with Gasteiger partial charge in [-0.25, -0.2) is 4.79 Å². The van der Waals surface area contributed by atoms with Crippen molar-refractivity contribution >= 4 is 6.09 Å². The number of rotatable bonds is 11. The Kier molecular flexibility index (Phi) is 9.12. The van der Waals surface area contributed by atoms with Crippen molar-refractivity contribution in [1.82, 2.24) is 4.90 Å². The molecule has 1 atom stereocenters. The number of aliphatic hydroxyl groups excluding tert-OH is 1. The Balaban J connectivity index is 1.60. The smallest absolute Gasteiger partial charge is 0.410 e. The van der Waals surface area contributed by atoms with Gasteiger partial charge in [-0.05, 0) is 42.0 Å². The predicted molar refractivity (Wildman–Crippen MR) is 148 cm³/mol. The largest absolute Gasteiger partial charge is 0.445 e. The van der Waals surface area contributed by atoms with Crippen LogP contribution >= 0.6 is 0 Å². The van der Waals surface area contributed by atoms with Crippen LogP contribution in [0.15, 0.2) is 121 Å². The molecule has 0 radical (unpaired) electrons. The number of nitrogens with zero attached hydrogens (tertiary/aromatic N) is 1. The van der Waals surface area contributed by atoms with Crippen molar-refractivity contribution in [1.29, 1.82) is 0 Å². The molecule has 4 rings (SSSR count). The molecular weight excluding hydrogens is 458 g/mol. The quantitative estimate of drug-likeness (QED) is 0.249. The van der Waals surface area contributed by atoms with Gasteiger partial charge >= 0.3 is 6.09 Å². The molecule has 0 aliphatic rings. The maximum absolute atomic E-state index is 13.6. The third kappa shape index (κ3) is 7.08. The first-order valence-electron chi connectivity index (χ1n) is 12.8. The Bertz CT molecular complexity index is 1180. The van der Waals surface area contributed by atoms with Crippen LogP contribution in [0.1, 0.15) is 41.5 Å². The van der Waals surface area contributed by atoms with Crippen LogP contribution in [-0.4, -0.2) is 34.8 Å². The van der Waals surface area contributed by atoms with Gasteiger partial charge in [0.1, 0.15) is 6.61 Å². The summed E-state index contributed by atoms with van der Waals surface area (Å²) in [6.07, 6.45) is 0.793. The molecule has 0 aliphatic carbocycles. The van der Waals surface area contributed by atoms with Gasteiger partial charge in [-0.15, -0.1) is 0 Å². The van der Waals surface area contributed by atoms with Crippen molar-refractivity contribution in [2.24, 2.45) is 0 Å². The van der Waals surface area contributed by atoms with Crippen LogP contribution in [0, 0.1) is 0 Å². The number of carbonyl (C=O) groups is 1. The molecular formula is C33H35NO3. The second-order valence-electron chi connectivity index (χ2n) is 9.67. The monoisotopic (exact) mass is 493 g/mol. The molecule has 0 aliphatic heterocycles. The van der Waals surface area contributed by atoms with Gasteiger partial charge in [0, 0.05) is 12.5 Å². The molecule has 4 aromatic carbocycles. The van der Waals surface area contributed by atoms with E-state index in [2.05, 4.69) is 24.3 Å². The SMILES string of the molecule is CC(CO)(Cc1ccccc1)N(CCC(c1ccccc1)c1ccccc1)C(=O)OCc1ccccc1. The Labute approximate surface area is 220 Å². The van der Waals surface area contributed by atoms with E-state index in [1.54, 1.807) is 4.90 Å². The van der Waals surface area contributed by atoms with E-state index in [4.69, 9.17) is 4.74 Å². The van der Waals surface area contributed by atoms with Crippen LogP contribution in [0.5, 0.6) is 0 Å². The van der Waals surface area contributed by atoms with Crippen molar-refractivity contribution in [3.63, 3.8) is 0 Å². The van der Waals surface area contributed by atoms with Crippen LogP contribution in [-0.2, 0) is 17.8 Å². The molecule has 1 N–H and O–H groups in total. The van der Waals surface area contributed by atoms with Gasteiger partial charge in [0.2, 0.25) is 0 Å². The van der Waals surface area contributed by atoms with E-state index in [0.717, 1.165) is 11.1 Å². The van der Waals surface area contributed by atoms with Crippen LogP contribution in [0.4, 0.5) is 4.79 Å². The number of aliphatic hydroxyl groups is 1. The van der Waals surface area contributed by atoms with Crippen LogP contribution in [0.25, 0.3) is 0 Å². The third-order valence-electron chi connectivity index (χ3n) is 6.89. The summed E-state index contributed by atoms with van der Waals surface area (Å²) in [7, 11) is 0. The number of amides is 1. The number of ether oxygens (including phenoxy) is 1. The highest BCUT2D eigenvalue weighted by Crippen LogP contribution is 2.30. The number of hydrogen-bond acceptors (Lipinski definition) is 3. The van der Waals surface area contributed by atoms with E-state index in [1.807, 2.05) is 104 Å². The van der Waals surface area contributed by atoms with E-state index in [1.165, 1.54) is 11.1 Å². The van der Waals surface area contributed by atoms with Gasteiger partial charge in [0.15, 0.2) is 0 Å². The molecule has 4 aromatic rings. The summed E-state index contributed by atoms with van der Waals surface area (Å²) in [5.41, 5.74) is 3.55. The first kappa shape index (κ1) is 26.2. The third-order valence-corrected chi connectivity index (χ3v) is 6.89. The molecule has 0 fully saturated rings. The van der Waals surface area contributed by atoms with Gasteiger partial charge in [0.25, 0.3) is 0 Å². The van der Waals surface area contributed by atoms with Crippen molar-refractivity contribution < 1.29 is 14.6 Å². The summed E-state index contributed by atoms with van der Waals surface area (Å²) >= 11 is 0. The van der Waals surface area contributed by atoms with Crippen molar-refractivity contribution in [3.05, 3.63) is 144 Å². The minimum absolute atomic E-state index is 0.103. The topological polar surface area (TPSA) is 49.8 Å². The van der Waals surface area contributed by atoms with Crippen molar-refractivity contribution in [2.45, 2.75) is 37.8 Å². The van der Waals surface area contributed by atoms with Crippen molar-refractivity contribution in [3.8, 4) is 0 Å². The molecule has 0 saturated heterocycles. The lowest BCUT2D eigenvalue weighted by Gasteiger charge is -2.40. The molecule has 0 spiro atoms. The zero-order valence-electron chi connectivity index (χ0n) is 21.4. The van der Waals surface area contributed by atoms with Crippen LogP contribution in [0.3, 0.4) is 0 Å². The first-order valence-corrected chi connectivity index (χ1v) is 12.8. The highest BCUT2D eigenvalue weighted by molar-refractivity contribution is 5.69. The Morgan fingerprint density at radius 3 is 1.70 bits per heavy atom. The highest BCUT2D eigenvalue weighted by atomic mass is 16.6. The molecule has 0 bridgehead atoms. The maximum Gasteiger partial charge on any atom is 0.410 e. The van der Waals surface area contributed by atoms with Crippen LogP contribution in [0.2, 0.25) is 0 Å². The molecule has 190 valence electrons. The molecule has 4 heteroatoms. The zero-order valence-corrected chi connectivity index (χ0v) is 21.4. The fourth-order valence-electron chi connectivity index (χ4n) is 4.81. The number of carbonyl (C=O) groups excluding carboxylic acids is 1. The summed E-state index contributed by atoms with van der Waals surface area (Å²) in [5, 5.41) is 10.6. The Morgan fingerprint density at radius 1 is 0.757 bits per heavy atom. The van der Waals surface area contributed by atoms with E-state index < -0.39 is 11.6 Å². The maximum atomic E-state index is 13.6. The molecule has 4 nitrogen and oxygen atoms in total. The Morgan fingerprint density at radius 2 is 1.22 bits per heavy atom. The lowest BCUT2D eigenvalue weighted by molar-refractivity contribution is 0.0219. The standard InChI is InChI=1S/C33H35NO3/c1-33(26-35,24-27-14-6-2-7-15-27)34(32(36)37-25-28-16-8-3-9-17-28)23-22-31(29-18-10-4-11-19-29)30-20-12-5-13-21-30/h2-21,31,35H,22-26H2,1H3. The first-order chi connectivity index (χ1) is 18.1. The average molecular weight is 494 g/mol. The zero-order chi connectivity index (χ0) is 25.9. The number of benzene rings is 4. The van der Waals surface area contributed by atoms with E-state index in [-0.39, 0.29) is 19.1 Å². The fourth-order valence-corrected chi connectivity index (χ4v) is 4.81. The fraction of sp³-hybridized carbons (Fsp3) is 0.242. The second-order valence-corrected chi connectivity index (χ2v) is 9.67. The summed E-state index contributed by atoms with van der Waals surface area (Å²) in [6, 6.07) is 40.4. The molecule has 37 heavy (non-hydrogen) atoms. The summed E-state index contributed by atoms with van der Waals surface area (Å²) < 4.78 is 5.80. The predicted octanol–water partition coefficient (Wildman–Crippen LogP) is 6.84. The minimum Gasteiger partial charge on any atom is -0.445 e. The second kappa shape index (κ2) is 12.9. The van der Waals surface area contributed by atoms with Gasteiger partial charge in [-0.1, -0.05) is 121 Å². The molecule has 1 unspecified atom stereocenters. The molecule has 0 aromatic heterocycles. The normalized spacial score (nSPS) is 12.6. The van der Waals surface area contributed by atoms with Gasteiger partial charge in [-0.3, -0.25) is 0 Å². The average Bonchev–Trinajstić information content (AvgIpc) is 2.96. The minimum atomic E-state index is -0.826. The lowest BCUT2D eigenvalue weighted by Crippen LogP contribution is -2.54. The Hall–Kier alpha value is -3.89. The molecule has 0 saturated carbocycles. The van der Waals surface area contributed by atoms with Gasteiger partial charge in [0.05, 0.1) is 12.1 Å². The summed E-state index contributed by atoms with van der Waals surface area (Å²) in [6.45, 7) is 2.38. The van der Waals surface area contributed by atoms with Gasteiger partial charge < -0.3 is 14.7 Å². The van der Waals surface area contributed by atoms with E-state index in [0.29, 0.717) is 19.4 Å². The highest BCUT2D eigenvalue weighted by Gasteiger charge is 2.36. The van der Waals surface area contributed by atoms with Crippen LogP contribution < -0.4 is 0 Å². The molecule has 0 heterocycles. The lowest BCUT2D eigenvalue weighted by atomic mass is 9.87. The summed E-state index contributed by atoms with van der Waals surface area (Å²) in [4.78, 5) is 15.3. The summed E-state index contributed by atoms with van der Waals surface area (Å²) in [5.74, 6) is 0.103. The molecule has 1 amide bonds. The number of hydrogen-bond donors (Lipinski definition) is 1. The van der Waals surface area contributed by atoms with E-state index >= 15 is 0 Å². The van der Waals surface area contributed by atoms with E-state index in [9.17, 15) is 9.90 Å².